The molecular formula is C12H14FN3O2S. The van der Waals surface area contributed by atoms with Crippen molar-refractivity contribution in [2.45, 2.75) is 18.2 Å². The Balaban J connectivity index is 2.07. The van der Waals surface area contributed by atoms with Crippen LogP contribution in [0.3, 0.4) is 0 Å². The summed E-state index contributed by atoms with van der Waals surface area (Å²) >= 11 is 0. The molecule has 0 spiro atoms. The van der Waals surface area contributed by atoms with E-state index in [2.05, 4.69) is 14.7 Å². The van der Waals surface area contributed by atoms with Crippen LogP contribution in [0.2, 0.25) is 0 Å². The second-order valence-corrected chi connectivity index (χ2v) is 5.85. The molecule has 2 N–H and O–H groups in total. The topological polar surface area (TPSA) is 74.8 Å². The lowest BCUT2D eigenvalue weighted by atomic mass is 10.2. The van der Waals surface area contributed by atoms with E-state index in [-0.39, 0.29) is 11.4 Å². The number of hydrogen-bond acceptors (Lipinski definition) is 3. The highest BCUT2D eigenvalue weighted by Gasteiger charge is 2.18. The van der Waals surface area contributed by atoms with Gasteiger partial charge in [0.1, 0.15) is 16.5 Å². The van der Waals surface area contributed by atoms with E-state index in [0.29, 0.717) is 17.8 Å². The maximum absolute atomic E-state index is 13.5. The number of sulfonamides is 1. The van der Waals surface area contributed by atoms with Gasteiger partial charge in [0.25, 0.3) is 0 Å². The largest absolute Gasteiger partial charge is 0.349 e. The number of H-pyrrole nitrogens is 1. The van der Waals surface area contributed by atoms with Crippen molar-refractivity contribution in [3.63, 3.8) is 0 Å². The van der Waals surface area contributed by atoms with Crippen molar-refractivity contribution >= 4 is 10.0 Å². The van der Waals surface area contributed by atoms with Crippen LogP contribution in [-0.4, -0.2) is 24.9 Å². The van der Waals surface area contributed by atoms with E-state index < -0.39 is 15.8 Å². The summed E-state index contributed by atoms with van der Waals surface area (Å²) in [6.45, 7) is 1.87. The zero-order valence-corrected chi connectivity index (χ0v) is 11.2. The van der Waals surface area contributed by atoms with Crippen molar-refractivity contribution in [2.24, 2.45) is 0 Å². The van der Waals surface area contributed by atoms with Crippen LogP contribution in [0.15, 0.2) is 35.5 Å². The highest BCUT2D eigenvalue weighted by molar-refractivity contribution is 7.89. The molecule has 0 aliphatic heterocycles. The molecule has 2 aromatic rings. The molecule has 5 nitrogen and oxygen atoms in total. The standard InChI is InChI=1S/C12H14FN3O2S/c1-9-2-3-10(13)11(8-9)19(17,18)16-5-4-12-14-6-7-15-12/h2-3,6-8,16H,4-5H2,1H3,(H,14,15). The third-order valence-electron chi connectivity index (χ3n) is 2.58. The Morgan fingerprint density at radius 2 is 2.21 bits per heavy atom. The average molecular weight is 283 g/mol. The summed E-state index contributed by atoms with van der Waals surface area (Å²) in [5.74, 6) is -0.0801. The minimum atomic E-state index is -3.83. The summed E-state index contributed by atoms with van der Waals surface area (Å²) in [6, 6.07) is 3.98. The van der Waals surface area contributed by atoms with Gasteiger partial charge in [0.2, 0.25) is 10.0 Å². The van der Waals surface area contributed by atoms with E-state index in [1.807, 2.05) is 0 Å². The number of halogens is 1. The van der Waals surface area contributed by atoms with E-state index in [0.717, 1.165) is 6.07 Å². The average Bonchev–Trinajstić information content (AvgIpc) is 2.85. The summed E-state index contributed by atoms with van der Waals surface area (Å²) in [6.07, 6.45) is 3.66. The molecular weight excluding hydrogens is 269 g/mol. The summed E-state index contributed by atoms with van der Waals surface area (Å²) in [5, 5.41) is 0. The van der Waals surface area contributed by atoms with Crippen LogP contribution < -0.4 is 4.72 Å². The maximum Gasteiger partial charge on any atom is 0.243 e. The molecule has 0 aliphatic carbocycles. The third kappa shape index (κ3) is 3.39. The molecule has 1 aromatic carbocycles. The van der Waals surface area contributed by atoms with Gasteiger partial charge >= 0.3 is 0 Å². The van der Waals surface area contributed by atoms with Crippen LogP contribution in [0.1, 0.15) is 11.4 Å². The van der Waals surface area contributed by atoms with Crippen molar-refractivity contribution < 1.29 is 12.8 Å². The number of nitrogens with zero attached hydrogens (tertiary/aromatic N) is 1. The third-order valence-corrected chi connectivity index (χ3v) is 4.06. The SMILES string of the molecule is Cc1ccc(F)c(S(=O)(=O)NCCc2ncc[nH]2)c1. The highest BCUT2D eigenvalue weighted by Crippen LogP contribution is 2.15. The van der Waals surface area contributed by atoms with Crippen molar-refractivity contribution in [2.75, 3.05) is 6.54 Å². The molecule has 0 fully saturated rings. The molecule has 0 radical (unpaired) electrons. The molecule has 0 saturated heterocycles. The van der Waals surface area contributed by atoms with Gasteiger partial charge in [0.05, 0.1) is 0 Å². The van der Waals surface area contributed by atoms with E-state index >= 15 is 0 Å². The molecule has 19 heavy (non-hydrogen) atoms. The van der Waals surface area contributed by atoms with Gasteiger partial charge in [-0.15, -0.1) is 0 Å². The number of hydrogen-bond donors (Lipinski definition) is 2. The van der Waals surface area contributed by atoms with Gasteiger partial charge in [0.15, 0.2) is 0 Å². The number of aromatic amines is 1. The van der Waals surface area contributed by atoms with Crippen molar-refractivity contribution in [3.8, 4) is 0 Å². The van der Waals surface area contributed by atoms with Crippen molar-refractivity contribution in [1.29, 1.82) is 0 Å². The number of nitrogens with one attached hydrogen (secondary N) is 2. The first-order chi connectivity index (χ1) is 8.99. The molecule has 0 aliphatic rings. The Labute approximate surface area is 110 Å². The predicted molar refractivity (Wildman–Crippen MR) is 68.6 cm³/mol. The van der Waals surface area contributed by atoms with Gasteiger partial charge in [0, 0.05) is 25.4 Å². The molecule has 0 amide bonds. The summed E-state index contributed by atoms with van der Waals surface area (Å²) < 4.78 is 39.8. The quantitative estimate of drug-likeness (QED) is 0.870. The molecule has 1 aromatic heterocycles. The van der Waals surface area contributed by atoms with Crippen molar-refractivity contribution in [1.82, 2.24) is 14.7 Å². The summed E-state index contributed by atoms with van der Waals surface area (Å²) in [5.41, 5.74) is 0.688. The van der Waals surface area contributed by atoms with E-state index in [4.69, 9.17) is 0 Å². The lowest BCUT2D eigenvalue weighted by Gasteiger charge is -2.07. The Kier molecular flexibility index (Phi) is 3.96. The lowest BCUT2D eigenvalue weighted by molar-refractivity contribution is 0.556. The fraction of sp³-hybridized carbons (Fsp3) is 0.250. The molecule has 0 atom stereocenters. The first kappa shape index (κ1) is 13.7. The highest BCUT2D eigenvalue weighted by atomic mass is 32.2. The van der Waals surface area contributed by atoms with E-state index in [1.54, 1.807) is 19.3 Å². The van der Waals surface area contributed by atoms with Crippen LogP contribution in [0.25, 0.3) is 0 Å². The minimum Gasteiger partial charge on any atom is -0.349 e. The van der Waals surface area contributed by atoms with Crippen LogP contribution in [0.5, 0.6) is 0 Å². The number of imidazole rings is 1. The lowest BCUT2D eigenvalue weighted by Crippen LogP contribution is -2.27. The van der Waals surface area contributed by atoms with Gasteiger partial charge in [-0.1, -0.05) is 6.07 Å². The van der Waals surface area contributed by atoms with Gasteiger partial charge < -0.3 is 4.98 Å². The van der Waals surface area contributed by atoms with Gasteiger partial charge in [-0.3, -0.25) is 0 Å². The van der Waals surface area contributed by atoms with Gasteiger partial charge in [-0.05, 0) is 24.6 Å². The molecule has 0 saturated carbocycles. The normalized spacial score (nSPS) is 11.7. The first-order valence-electron chi connectivity index (χ1n) is 5.73. The Hall–Kier alpha value is -1.73. The van der Waals surface area contributed by atoms with Gasteiger partial charge in [-0.2, -0.15) is 0 Å². The fourth-order valence-electron chi connectivity index (χ4n) is 1.63. The predicted octanol–water partition coefficient (Wildman–Crippen LogP) is 1.38. The molecule has 0 bridgehead atoms. The molecule has 7 heteroatoms. The smallest absolute Gasteiger partial charge is 0.243 e. The van der Waals surface area contributed by atoms with Crippen LogP contribution >= 0.6 is 0 Å². The minimum absolute atomic E-state index is 0.156. The Bertz CT molecular complexity index is 654. The van der Waals surface area contributed by atoms with Crippen LogP contribution in [0.4, 0.5) is 4.39 Å². The molecule has 0 unspecified atom stereocenters. The van der Waals surface area contributed by atoms with E-state index in [9.17, 15) is 12.8 Å². The maximum atomic E-state index is 13.5. The Morgan fingerprint density at radius 3 is 2.89 bits per heavy atom. The second kappa shape index (κ2) is 5.50. The molecule has 102 valence electrons. The first-order valence-corrected chi connectivity index (χ1v) is 7.21. The summed E-state index contributed by atoms with van der Waals surface area (Å²) in [7, 11) is -3.83. The number of rotatable bonds is 5. The zero-order chi connectivity index (χ0) is 13.9. The number of aryl methyl sites for hydroxylation is 1. The Morgan fingerprint density at radius 1 is 1.42 bits per heavy atom. The second-order valence-electron chi connectivity index (χ2n) is 4.12. The number of aromatic nitrogens is 2. The van der Waals surface area contributed by atoms with Crippen LogP contribution in [0, 0.1) is 12.7 Å². The van der Waals surface area contributed by atoms with E-state index in [1.165, 1.54) is 12.1 Å². The molecule has 1 heterocycles. The summed E-state index contributed by atoms with van der Waals surface area (Å²) in [4.78, 5) is 6.51. The fourth-order valence-corrected chi connectivity index (χ4v) is 2.82. The van der Waals surface area contributed by atoms with Crippen LogP contribution in [-0.2, 0) is 16.4 Å². The van der Waals surface area contributed by atoms with Gasteiger partial charge in [-0.25, -0.2) is 22.5 Å². The monoisotopic (exact) mass is 283 g/mol. The van der Waals surface area contributed by atoms with Crippen molar-refractivity contribution in [3.05, 3.63) is 47.8 Å². The number of benzene rings is 1. The molecule has 2 rings (SSSR count). The zero-order valence-electron chi connectivity index (χ0n) is 10.4.